The van der Waals surface area contributed by atoms with E-state index in [2.05, 4.69) is 10.3 Å². The Morgan fingerprint density at radius 2 is 2.04 bits per heavy atom. The van der Waals surface area contributed by atoms with Gasteiger partial charge in [-0.05, 0) is 30.9 Å². The van der Waals surface area contributed by atoms with Gasteiger partial charge in [-0.25, -0.2) is 4.79 Å². The van der Waals surface area contributed by atoms with Gasteiger partial charge in [0.25, 0.3) is 5.91 Å². The summed E-state index contributed by atoms with van der Waals surface area (Å²) < 4.78 is 0. The van der Waals surface area contributed by atoms with E-state index in [-0.39, 0.29) is 30.3 Å². The summed E-state index contributed by atoms with van der Waals surface area (Å²) in [6.07, 6.45) is 3.45. The maximum atomic E-state index is 12.6. The Hall–Kier alpha value is -2.64. The number of fused-ring (bicyclic) bond motifs is 4. The third-order valence-corrected chi connectivity index (χ3v) is 4.62. The molecule has 3 aliphatic rings. The fraction of sp³-hybridized carbons (Fsp3) is 0.500. The summed E-state index contributed by atoms with van der Waals surface area (Å²) >= 11 is 0. The lowest BCUT2D eigenvalue weighted by molar-refractivity contribution is -0.134. The third kappa shape index (κ3) is 3.47. The van der Waals surface area contributed by atoms with Gasteiger partial charge in [0.15, 0.2) is 0 Å². The molecule has 3 aliphatic heterocycles. The van der Waals surface area contributed by atoms with Crippen LogP contribution in [0.25, 0.3) is 0 Å². The highest BCUT2D eigenvalue weighted by molar-refractivity contribution is 5.92. The first kappa shape index (κ1) is 16.2. The number of piperidine rings is 1. The number of hydrogen-bond acceptors (Lipinski definition) is 4. The van der Waals surface area contributed by atoms with Crippen LogP contribution < -0.4 is 11.1 Å². The van der Waals surface area contributed by atoms with Gasteiger partial charge in [-0.2, -0.15) is 0 Å². The Morgan fingerprint density at radius 3 is 2.75 bits per heavy atom. The molecule has 1 aromatic heterocycles. The number of aromatic nitrogens is 1. The van der Waals surface area contributed by atoms with Gasteiger partial charge in [0.2, 0.25) is 5.91 Å². The van der Waals surface area contributed by atoms with Crippen molar-refractivity contribution in [3.63, 3.8) is 0 Å². The van der Waals surface area contributed by atoms with Crippen LogP contribution in [0.1, 0.15) is 23.3 Å². The number of urea groups is 1. The largest absolute Gasteiger partial charge is 0.352 e. The van der Waals surface area contributed by atoms with E-state index in [4.69, 9.17) is 5.73 Å². The molecule has 8 heteroatoms. The summed E-state index contributed by atoms with van der Waals surface area (Å²) in [6, 6.07) is 4.52. The number of hydrogen-bond donors (Lipinski definition) is 2. The number of amides is 4. The van der Waals surface area contributed by atoms with E-state index in [0.717, 1.165) is 12.8 Å². The Bertz CT molecular complexity index is 636. The average molecular weight is 331 g/mol. The number of pyridine rings is 1. The molecule has 1 aromatic rings. The van der Waals surface area contributed by atoms with E-state index in [0.29, 0.717) is 25.3 Å². The Kier molecular flexibility index (Phi) is 4.64. The zero-order valence-electron chi connectivity index (χ0n) is 13.4. The number of nitrogens with one attached hydrogen (secondary N) is 1. The fourth-order valence-electron chi connectivity index (χ4n) is 3.47. The monoisotopic (exact) mass is 331 g/mol. The molecule has 4 rings (SSSR count). The van der Waals surface area contributed by atoms with Gasteiger partial charge in [0.1, 0.15) is 5.69 Å². The van der Waals surface area contributed by atoms with Crippen molar-refractivity contribution in [2.75, 3.05) is 26.2 Å². The number of nitrogens with two attached hydrogens (primary N) is 1. The van der Waals surface area contributed by atoms with Gasteiger partial charge < -0.3 is 20.9 Å². The molecular formula is C16H21N5O3. The lowest BCUT2D eigenvalue weighted by atomic mass is 9.95. The number of carbonyl (C=O) groups excluding carboxylic acids is 3. The van der Waals surface area contributed by atoms with Crippen LogP contribution >= 0.6 is 0 Å². The molecule has 24 heavy (non-hydrogen) atoms. The van der Waals surface area contributed by atoms with Gasteiger partial charge in [0.05, 0.1) is 6.54 Å². The van der Waals surface area contributed by atoms with E-state index >= 15 is 0 Å². The highest BCUT2D eigenvalue weighted by Crippen LogP contribution is 2.28. The normalized spacial score (nSPS) is 22.8. The molecule has 0 saturated carbocycles. The van der Waals surface area contributed by atoms with Crippen molar-refractivity contribution >= 4 is 17.8 Å². The van der Waals surface area contributed by atoms with Crippen molar-refractivity contribution in [3.05, 3.63) is 30.1 Å². The number of carbonyl (C=O) groups is 3. The molecule has 3 fully saturated rings. The second kappa shape index (κ2) is 6.86. The maximum absolute atomic E-state index is 12.6. The van der Waals surface area contributed by atoms with E-state index < -0.39 is 6.03 Å². The quantitative estimate of drug-likeness (QED) is 0.800. The molecule has 0 spiro atoms. The van der Waals surface area contributed by atoms with Crippen molar-refractivity contribution in [2.24, 2.45) is 11.7 Å². The fourth-order valence-corrected chi connectivity index (χ4v) is 3.47. The van der Waals surface area contributed by atoms with Gasteiger partial charge in [-0.15, -0.1) is 0 Å². The zero-order valence-corrected chi connectivity index (χ0v) is 13.4. The highest BCUT2D eigenvalue weighted by Gasteiger charge is 2.38. The first-order valence-corrected chi connectivity index (χ1v) is 8.07. The molecule has 0 unspecified atom stereocenters. The molecule has 3 saturated heterocycles. The van der Waals surface area contributed by atoms with Gasteiger partial charge in [-0.1, -0.05) is 6.07 Å². The minimum absolute atomic E-state index is 0.0291. The van der Waals surface area contributed by atoms with Gasteiger partial charge >= 0.3 is 6.03 Å². The summed E-state index contributed by atoms with van der Waals surface area (Å²) in [5, 5.41) is 2.34. The summed E-state index contributed by atoms with van der Waals surface area (Å²) in [5.41, 5.74) is 5.45. The van der Waals surface area contributed by atoms with Crippen LogP contribution in [0, 0.1) is 5.92 Å². The van der Waals surface area contributed by atoms with Crippen molar-refractivity contribution in [3.8, 4) is 0 Å². The summed E-state index contributed by atoms with van der Waals surface area (Å²) in [7, 11) is 0. The van der Waals surface area contributed by atoms with E-state index in [1.165, 1.54) is 0 Å². The van der Waals surface area contributed by atoms with Crippen LogP contribution in [-0.2, 0) is 4.79 Å². The number of nitrogens with zero attached hydrogens (tertiary/aromatic N) is 3. The van der Waals surface area contributed by atoms with E-state index in [1.807, 2.05) is 0 Å². The number of primary amides is 1. The van der Waals surface area contributed by atoms with Crippen LogP contribution in [0.15, 0.2) is 24.4 Å². The van der Waals surface area contributed by atoms with E-state index in [9.17, 15) is 14.4 Å². The van der Waals surface area contributed by atoms with Crippen LogP contribution in [-0.4, -0.2) is 64.9 Å². The smallest absolute Gasteiger partial charge is 0.312 e. The average Bonchev–Trinajstić information content (AvgIpc) is 2.91. The Labute approximate surface area is 140 Å². The first-order chi connectivity index (χ1) is 11.5. The zero-order chi connectivity index (χ0) is 17.1. The minimum atomic E-state index is -0.713. The third-order valence-electron chi connectivity index (χ3n) is 4.62. The van der Waals surface area contributed by atoms with Gasteiger partial charge in [0, 0.05) is 31.9 Å². The molecule has 0 aliphatic carbocycles. The van der Waals surface area contributed by atoms with Crippen LogP contribution in [0.5, 0.6) is 0 Å². The standard InChI is InChI=1S/C16H21N5O3/c17-16(24)19-7-14(22)21-9-11-4-5-12(21)10-20(8-11)15(23)13-3-1-2-6-18-13/h1-3,6,11-12H,4-5,7-10H2,(H3,17,19,24)/t11-,12+/m0/s1. The molecule has 128 valence electrons. The molecular weight excluding hydrogens is 310 g/mol. The number of rotatable bonds is 3. The minimum Gasteiger partial charge on any atom is -0.352 e. The van der Waals surface area contributed by atoms with Crippen molar-refractivity contribution in [2.45, 2.75) is 18.9 Å². The predicted molar refractivity (Wildman–Crippen MR) is 86.0 cm³/mol. The van der Waals surface area contributed by atoms with Crippen LogP contribution in [0.2, 0.25) is 0 Å². The van der Waals surface area contributed by atoms with Crippen LogP contribution in [0.4, 0.5) is 4.79 Å². The molecule has 4 amide bonds. The second-order valence-corrected chi connectivity index (χ2v) is 6.29. The van der Waals surface area contributed by atoms with Crippen molar-refractivity contribution in [1.82, 2.24) is 20.1 Å². The van der Waals surface area contributed by atoms with E-state index in [1.54, 1.807) is 34.2 Å². The van der Waals surface area contributed by atoms with Crippen LogP contribution in [0.3, 0.4) is 0 Å². The highest BCUT2D eigenvalue weighted by atomic mass is 16.2. The maximum Gasteiger partial charge on any atom is 0.312 e. The molecule has 8 nitrogen and oxygen atoms in total. The second-order valence-electron chi connectivity index (χ2n) is 6.29. The lowest BCUT2D eigenvalue weighted by Gasteiger charge is -2.36. The Morgan fingerprint density at radius 1 is 1.21 bits per heavy atom. The summed E-state index contributed by atoms with van der Waals surface area (Å²) in [5.74, 6) is -0.0124. The lowest BCUT2D eigenvalue weighted by Crippen LogP contribution is -2.51. The molecule has 2 bridgehead atoms. The van der Waals surface area contributed by atoms with Crippen molar-refractivity contribution in [1.29, 1.82) is 0 Å². The molecule has 0 radical (unpaired) electrons. The topological polar surface area (TPSA) is 109 Å². The predicted octanol–water partition coefficient (Wildman–Crippen LogP) is -0.187. The SMILES string of the molecule is NC(=O)NCC(=O)N1C[C@H]2CC[C@@H]1CN(C(=O)c1ccccn1)C2. The van der Waals surface area contributed by atoms with Gasteiger partial charge in [-0.3, -0.25) is 14.6 Å². The summed E-state index contributed by atoms with van der Waals surface area (Å²) in [6.45, 7) is 1.62. The molecule has 4 heterocycles. The molecule has 2 atom stereocenters. The van der Waals surface area contributed by atoms with Crippen molar-refractivity contribution < 1.29 is 14.4 Å². The Balaban J connectivity index is 1.70. The molecule has 0 aromatic carbocycles. The first-order valence-electron chi connectivity index (χ1n) is 8.07. The summed E-state index contributed by atoms with van der Waals surface area (Å²) in [4.78, 5) is 43.5. The molecule has 3 N–H and O–H groups in total.